The van der Waals surface area contributed by atoms with E-state index in [9.17, 15) is 9.90 Å². The highest BCUT2D eigenvalue weighted by Gasteiger charge is 2.38. The molecule has 0 aliphatic carbocycles. The Hall–Kier alpha value is -1.75. The molecule has 0 radical (unpaired) electrons. The lowest BCUT2D eigenvalue weighted by Gasteiger charge is -2.24. The zero-order chi connectivity index (χ0) is 11.7. The fourth-order valence-electron chi connectivity index (χ4n) is 2.03. The Kier molecular flexibility index (Phi) is 2.70. The van der Waals surface area contributed by atoms with Crippen LogP contribution in [-0.4, -0.2) is 34.9 Å². The molecule has 0 unspecified atom stereocenters. The normalized spacial score (nSPS) is 24.7. The summed E-state index contributed by atoms with van der Waals surface area (Å²) in [4.78, 5) is 12.7. The van der Waals surface area contributed by atoms with Gasteiger partial charge in [0, 0.05) is 17.9 Å². The number of hydrogen-bond acceptors (Lipinski definition) is 4. The largest absolute Gasteiger partial charge is 0.480 e. The van der Waals surface area contributed by atoms with Crippen LogP contribution in [0.25, 0.3) is 0 Å². The fraction of sp³-hybridized carbons (Fsp3) is 0.364. The number of benzene rings is 1. The van der Waals surface area contributed by atoms with Crippen molar-refractivity contribution in [2.24, 2.45) is 0 Å². The molecule has 5 nitrogen and oxygen atoms in total. The Labute approximate surface area is 93.1 Å². The molecule has 4 N–H and O–H groups in total. The van der Waals surface area contributed by atoms with Crippen LogP contribution in [0.2, 0.25) is 0 Å². The van der Waals surface area contributed by atoms with Crippen LogP contribution >= 0.6 is 0 Å². The lowest BCUT2D eigenvalue weighted by molar-refractivity contribution is -0.140. The van der Waals surface area contributed by atoms with Gasteiger partial charge in [0.1, 0.15) is 0 Å². The number of carbonyl (C=O) groups is 1. The van der Waals surface area contributed by atoms with E-state index in [2.05, 4.69) is 0 Å². The first-order valence-electron chi connectivity index (χ1n) is 5.12. The van der Waals surface area contributed by atoms with Gasteiger partial charge in [0.2, 0.25) is 0 Å². The molecule has 2 atom stereocenters. The van der Waals surface area contributed by atoms with E-state index in [1.54, 1.807) is 29.2 Å². The first-order valence-corrected chi connectivity index (χ1v) is 5.12. The van der Waals surface area contributed by atoms with Gasteiger partial charge in [-0.3, -0.25) is 0 Å². The predicted molar refractivity (Wildman–Crippen MR) is 60.2 cm³/mol. The number of rotatable bonds is 2. The van der Waals surface area contributed by atoms with Gasteiger partial charge in [0.15, 0.2) is 6.04 Å². The molecule has 1 fully saturated rings. The highest BCUT2D eigenvalue weighted by molar-refractivity contribution is 5.80. The summed E-state index contributed by atoms with van der Waals surface area (Å²) >= 11 is 0. The number of aliphatic carboxylic acids is 1. The van der Waals surface area contributed by atoms with Crippen LogP contribution in [0.15, 0.2) is 24.3 Å². The van der Waals surface area contributed by atoms with E-state index in [1.807, 2.05) is 0 Å². The van der Waals surface area contributed by atoms with Gasteiger partial charge in [0.25, 0.3) is 0 Å². The molecule has 86 valence electrons. The van der Waals surface area contributed by atoms with Crippen molar-refractivity contribution in [2.45, 2.75) is 18.6 Å². The standard InChI is InChI=1S/C11H14N2O3/c12-7-1-3-8(4-2-7)13-6-5-9(14)10(13)11(15)16/h1-4,9-10,14H,5-6,12H2,(H,15,16)/t9-,10-/m0/s1. The summed E-state index contributed by atoms with van der Waals surface area (Å²) in [5, 5.41) is 18.6. The predicted octanol–water partition coefficient (Wildman–Crippen LogP) is 0.293. The summed E-state index contributed by atoms with van der Waals surface area (Å²) < 4.78 is 0. The molecular weight excluding hydrogens is 208 g/mol. The second-order valence-corrected chi connectivity index (χ2v) is 3.92. The lowest BCUT2D eigenvalue weighted by atomic mass is 10.1. The Balaban J connectivity index is 2.26. The molecule has 0 bridgehead atoms. The van der Waals surface area contributed by atoms with Crippen LogP contribution in [0.3, 0.4) is 0 Å². The number of anilines is 2. The minimum absolute atomic E-state index is 0.474. The molecule has 0 amide bonds. The molecule has 2 rings (SSSR count). The molecule has 0 aromatic heterocycles. The quantitative estimate of drug-likeness (QED) is 0.626. The van der Waals surface area contributed by atoms with Crippen molar-refractivity contribution in [1.29, 1.82) is 0 Å². The monoisotopic (exact) mass is 222 g/mol. The zero-order valence-electron chi connectivity index (χ0n) is 8.71. The second kappa shape index (κ2) is 4.02. The van der Waals surface area contributed by atoms with Crippen molar-refractivity contribution in [3.63, 3.8) is 0 Å². The molecular formula is C11H14N2O3. The molecule has 1 aliphatic rings. The second-order valence-electron chi connectivity index (χ2n) is 3.92. The summed E-state index contributed by atoms with van der Waals surface area (Å²) in [5.74, 6) is -0.998. The number of carboxylic acid groups (broad SMARTS) is 1. The van der Waals surface area contributed by atoms with Crippen molar-refractivity contribution < 1.29 is 15.0 Å². The summed E-state index contributed by atoms with van der Waals surface area (Å²) in [5.41, 5.74) is 6.97. The summed E-state index contributed by atoms with van der Waals surface area (Å²) in [6.07, 6.45) is -0.337. The van der Waals surface area contributed by atoms with Crippen molar-refractivity contribution in [3.05, 3.63) is 24.3 Å². The van der Waals surface area contributed by atoms with Crippen LogP contribution in [0.1, 0.15) is 6.42 Å². The number of nitrogen functional groups attached to an aromatic ring is 1. The van der Waals surface area contributed by atoms with Crippen LogP contribution in [0, 0.1) is 0 Å². The van der Waals surface area contributed by atoms with E-state index in [0.717, 1.165) is 5.69 Å². The molecule has 1 saturated heterocycles. The first-order chi connectivity index (χ1) is 7.59. The molecule has 1 aromatic rings. The summed E-state index contributed by atoms with van der Waals surface area (Å²) in [6.45, 7) is 0.544. The van der Waals surface area contributed by atoms with Crippen LogP contribution in [0.5, 0.6) is 0 Å². The maximum Gasteiger partial charge on any atom is 0.329 e. The van der Waals surface area contributed by atoms with Crippen molar-refractivity contribution in [3.8, 4) is 0 Å². The number of hydrogen-bond donors (Lipinski definition) is 3. The van der Waals surface area contributed by atoms with Gasteiger partial charge in [-0.15, -0.1) is 0 Å². The van der Waals surface area contributed by atoms with Gasteiger partial charge in [-0.2, -0.15) is 0 Å². The maximum absolute atomic E-state index is 11.0. The van der Waals surface area contributed by atoms with Gasteiger partial charge in [-0.05, 0) is 30.7 Å². The number of aliphatic hydroxyl groups excluding tert-OH is 1. The van der Waals surface area contributed by atoms with Crippen LogP contribution < -0.4 is 10.6 Å². The Morgan fingerprint density at radius 1 is 1.38 bits per heavy atom. The van der Waals surface area contributed by atoms with E-state index >= 15 is 0 Å². The van der Waals surface area contributed by atoms with Gasteiger partial charge in [0.05, 0.1) is 6.10 Å². The van der Waals surface area contributed by atoms with E-state index < -0.39 is 18.1 Å². The van der Waals surface area contributed by atoms with Crippen molar-refractivity contribution >= 4 is 17.3 Å². The molecule has 0 spiro atoms. The number of nitrogens with two attached hydrogens (primary N) is 1. The average Bonchev–Trinajstić information content (AvgIpc) is 2.61. The van der Waals surface area contributed by atoms with Crippen LogP contribution in [-0.2, 0) is 4.79 Å². The smallest absolute Gasteiger partial charge is 0.329 e. The third kappa shape index (κ3) is 1.81. The Bertz CT molecular complexity index is 391. The van der Waals surface area contributed by atoms with Crippen molar-refractivity contribution in [1.82, 2.24) is 0 Å². The first kappa shape index (κ1) is 10.8. The lowest BCUT2D eigenvalue weighted by Crippen LogP contribution is -2.41. The summed E-state index contributed by atoms with van der Waals surface area (Å²) in [7, 11) is 0. The Morgan fingerprint density at radius 2 is 2.00 bits per heavy atom. The molecule has 16 heavy (non-hydrogen) atoms. The SMILES string of the molecule is Nc1ccc(N2CC[C@H](O)[C@H]2C(=O)O)cc1. The topological polar surface area (TPSA) is 86.8 Å². The van der Waals surface area contributed by atoms with Crippen LogP contribution in [0.4, 0.5) is 11.4 Å². The fourth-order valence-corrected chi connectivity index (χ4v) is 2.03. The third-order valence-corrected chi connectivity index (χ3v) is 2.84. The minimum atomic E-state index is -0.998. The highest BCUT2D eigenvalue weighted by Crippen LogP contribution is 2.26. The van der Waals surface area contributed by atoms with Gasteiger partial charge < -0.3 is 20.8 Å². The Morgan fingerprint density at radius 3 is 2.56 bits per heavy atom. The number of aliphatic hydroxyl groups is 1. The minimum Gasteiger partial charge on any atom is -0.480 e. The van der Waals surface area contributed by atoms with Gasteiger partial charge >= 0.3 is 5.97 Å². The third-order valence-electron chi connectivity index (χ3n) is 2.84. The number of nitrogens with zero attached hydrogens (tertiary/aromatic N) is 1. The molecule has 1 heterocycles. The maximum atomic E-state index is 11.0. The van der Waals surface area contributed by atoms with E-state index in [4.69, 9.17) is 10.8 Å². The van der Waals surface area contributed by atoms with Gasteiger partial charge in [-0.25, -0.2) is 4.79 Å². The highest BCUT2D eigenvalue weighted by atomic mass is 16.4. The van der Waals surface area contributed by atoms with E-state index in [1.165, 1.54) is 0 Å². The van der Waals surface area contributed by atoms with E-state index in [-0.39, 0.29) is 0 Å². The molecule has 5 heteroatoms. The molecule has 1 aromatic carbocycles. The molecule has 0 saturated carbocycles. The van der Waals surface area contributed by atoms with E-state index in [0.29, 0.717) is 18.7 Å². The van der Waals surface area contributed by atoms with Gasteiger partial charge in [-0.1, -0.05) is 0 Å². The van der Waals surface area contributed by atoms with Crippen molar-refractivity contribution in [2.75, 3.05) is 17.2 Å². The zero-order valence-corrected chi connectivity index (χ0v) is 8.71. The molecule has 1 aliphatic heterocycles. The summed E-state index contributed by atoms with van der Waals surface area (Å²) in [6, 6.07) is 6.12. The average molecular weight is 222 g/mol. The number of carboxylic acids is 1.